The van der Waals surface area contributed by atoms with Crippen LogP contribution in [0.15, 0.2) is 42.7 Å². The molecule has 1 aromatic carbocycles. The van der Waals surface area contributed by atoms with Gasteiger partial charge in [-0.1, -0.05) is 17.7 Å². The number of imidazole rings is 1. The molecular weight excluding hydrogens is 286 g/mol. The van der Waals surface area contributed by atoms with Crippen LogP contribution in [0.5, 0.6) is 0 Å². The molecule has 0 saturated heterocycles. The van der Waals surface area contributed by atoms with Gasteiger partial charge in [-0.3, -0.25) is 0 Å². The summed E-state index contributed by atoms with van der Waals surface area (Å²) < 4.78 is 1.99. The second-order valence-corrected chi connectivity index (χ2v) is 5.09. The van der Waals surface area contributed by atoms with Crippen LogP contribution in [0.3, 0.4) is 0 Å². The molecule has 6 heteroatoms. The first-order valence-corrected chi connectivity index (χ1v) is 6.85. The molecule has 0 bridgehead atoms. The van der Waals surface area contributed by atoms with Crippen LogP contribution in [0, 0.1) is 6.92 Å². The summed E-state index contributed by atoms with van der Waals surface area (Å²) in [4.78, 5) is 13.0. The highest BCUT2D eigenvalue weighted by Crippen LogP contribution is 2.21. The zero-order chi connectivity index (χ0) is 14.8. The fraction of sp³-hybridized carbons (Fsp3) is 0.133. The summed E-state index contributed by atoms with van der Waals surface area (Å²) in [5.41, 5.74) is 2.61. The molecule has 1 N–H and O–H groups in total. The van der Waals surface area contributed by atoms with E-state index in [9.17, 15) is 0 Å². The van der Waals surface area contributed by atoms with Crippen molar-refractivity contribution in [2.24, 2.45) is 7.05 Å². The molecule has 3 rings (SSSR count). The van der Waals surface area contributed by atoms with Crippen molar-refractivity contribution in [2.45, 2.75) is 6.92 Å². The Morgan fingerprint density at radius 2 is 2.05 bits per heavy atom. The molecule has 0 aliphatic carbocycles. The van der Waals surface area contributed by atoms with Gasteiger partial charge in [0, 0.05) is 24.0 Å². The van der Waals surface area contributed by atoms with Crippen molar-refractivity contribution in [3.05, 3.63) is 53.6 Å². The molecule has 2 heterocycles. The molecule has 0 spiro atoms. The third-order valence-electron chi connectivity index (χ3n) is 3.22. The van der Waals surface area contributed by atoms with Gasteiger partial charge in [-0.15, -0.1) is 0 Å². The number of nitrogens with zero attached hydrogens (tertiary/aromatic N) is 4. The second kappa shape index (κ2) is 5.54. The Kier molecular flexibility index (Phi) is 3.58. The van der Waals surface area contributed by atoms with Crippen molar-refractivity contribution in [1.29, 1.82) is 0 Å². The topological polar surface area (TPSA) is 55.6 Å². The van der Waals surface area contributed by atoms with Gasteiger partial charge in [-0.2, -0.15) is 0 Å². The third-order valence-corrected chi connectivity index (χ3v) is 3.45. The van der Waals surface area contributed by atoms with Gasteiger partial charge in [-0.25, -0.2) is 15.0 Å². The predicted molar refractivity (Wildman–Crippen MR) is 83.7 cm³/mol. The molecule has 0 aliphatic heterocycles. The smallest absolute Gasteiger partial charge is 0.227 e. The van der Waals surface area contributed by atoms with E-state index in [-0.39, 0.29) is 0 Å². The van der Waals surface area contributed by atoms with Crippen LogP contribution in [0.4, 0.5) is 11.6 Å². The predicted octanol–water partition coefficient (Wildman–Crippen LogP) is 3.58. The molecule has 0 unspecified atom stereocenters. The zero-order valence-electron chi connectivity index (χ0n) is 11.7. The lowest BCUT2D eigenvalue weighted by atomic mass is 10.3. The first-order valence-electron chi connectivity index (χ1n) is 6.48. The second-order valence-electron chi connectivity index (χ2n) is 4.65. The molecule has 5 nitrogen and oxygen atoms in total. The maximum atomic E-state index is 5.97. The lowest BCUT2D eigenvalue weighted by molar-refractivity contribution is 0.861. The molecule has 0 amide bonds. The maximum absolute atomic E-state index is 5.97. The zero-order valence-corrected chi connectivity index (χ0v) is 12.5. The Morgan fingerprint density at radius 3 is 2.76 bits per heavy atom. The molecule has 21 heavy (non-hydrogen) atoms. The Labute approximate surface area is 127 Å². The molecule has 2 aromatic heterocycles. The highest BCUT2D eigenvalue weighted by molar-refractivity contribution is 6.30. The summed E-state index contributed by atoms with van der Waals surface area (Å²) in [6, 6.07) is 9.29. The standard InChI is InChI=1S/C15H14ClN5/c1-10-18-9-14(21(10)2)13-6-7-17-15(20-13)19-12-5-3-4-11(16)8-12/h3-9H,1-2H3,(H,17,19,20). The molecule has 106 valence electrons. The van der Waals surface area contributed by atoms with Gasteiger partial charge in [0.2, 0.25) is 5.95 Å². The van der Waals surface area contributed by atoms with E-state index in [2.05, 4.69) is 20.3 Å². The van der Waals surface area contributed by atoms with Crippen molar-refractivity contribution >= 4 is 23.2 Å². The molecule has 0 fully saturated rings. The van der Waals surface area contributed by atoms with Crippen LogP contribution < -0.4 is 5.32 Å². The molecule has 0 atom stereocenters. The first kappa shape index (κ1) is 13.6. The third kappa shape index (κ3) is 2.87. The Hall–Kier alpha value is -2.40. The quantitative estimate of drug-likeness (QED) is 0.803. The van der Waals surface area contributed by atoms with Gasteiger partial charge in [0.25, 0.3) is 0 Å². The average molecular weight is 300 g/mol. The number of aromatic nitrogens is 4. The van der Waals surface area contributed by atoms with Crippen LogP contribution in [0.25, 0.3) is 11.4 Å². The highest BCUT2D eigenvalue weighted by atomic mass is 35.5. The van der Waals surface area contributed by atoms with Gasteiger partial charge in [0.1, 0.15) is 5.82 Å². The number of nitrogens with one attached hydrogen (secondary N) is 1. The van der Waals surface area contributed by atoms with Crippen molar-refractivity contribution in [1.82, 2.24) is 19.5 Å². The van der Waals surface area contributed by atoms with E-state index in [1.807, 2.05) is 48.9 Å². The monoisotopic (exact) mass is 299 g/mol. The number of benzene rings is 1. The molecule has 3 aromatic rings. The van der Waals surface area contributed by atoms with Crippen LogP contribution >= 0.6 is 11.6 Å². The van der Waals surface area contributed by atoms with E-state index in [0.717, 1.165) is 22.9 Å². The Morgan fingerprint density at radius 1 is 1.19 bits per heavy atom. The summed E-state index contributed by atoms with van der Waals surface area (Å²) in [7, 11) is 1.96. The normalized spacial score (nSPS) is 10.6. The molecule has 0 aliphatic rings. The van der Waals surface area contributed by atoms with Crippen molar-refractivity contribution in [3.63, 3.8) is 0 Å². The van der Waals surface area contributed by atoms with Crippen LogP contribution in [-0.4, -0.2) is 19.5 Å². The first-order chi connectivity index (χ1) is 10.1. The Balaban J connectivity index is 1.92. The number of anilines is 2. The van der Waals surface area contributed by atoms with Gasteiger partial charge >= 0.3 is 0 Å². The number of rotatable bonds is 3. The minimum Gasteiger partial charge on any atom is -0.330 e. The lowest BCUT2D eigenvalue weighted by Crippen LogP contribution is -2.00. The lowest BCUT2D eigenvalue weighted by Gasteiger charge is -2.07. The largest absolute Gasteiger partial charge is 0.330 e. The van der Waals surface area contributed by atoms with Crippen molar-refractivity contribution in [2.75, 3.05) is 5.32 Å². The number of hydrogen-bond donors (Lipinski definition) is 1. The molecule has 0 radical (unpaired) electrons. The molecular formula is C15H14ClN5. The summed E-state index contributed by atoms with van der Waals surface area (Å²) in [6.07, 6.45) is 3.53. The van der Waals surface area contributed by atoms with Crippen molar-refractivity contribution in [3.8, 4) is 11.4 Å². The SMILES string of the molecule is Cc1ncc(-c2ccnc(Nc3cccc(Cl)c3)n2)n1C. The van der Waals surface area contributed by atoms with Gasteiger partial charge < -0.3 is 9.88 Å². The van der Waals surface area contributed by atoms with E-state index in [4.69, 9.17) is 11.6 Å². The summed E-state index contributed by atoms with van der Waals surface area (Å²) in [5.74, 6) is 1.46. The maximum Gasteiger partial charge on any atom is 0.227 e. The van der Waals surface area contributed by atoms with E-state index in [1.165, 1.54) is 0 Å². The van der Waals surface area contributed by atoms with Crippen molar-refractivity contribution < 1.29 is 0 Å². The highest BCUT2D eigenvalue weighted by Gasteiger charge is 2.08. The fourth-order valence-electron chi connectivity index (χ4n) is 2.00. The van der Waals surface area contributed by atoms with E-state index in [1.54, 1.807) is 12.4 Å². The summed E-state index contributed by atoms with van der Waals surface area (Å²) >= 11 is 5.97. The van der Waals surface area contributed by atoms with Crippen LogP contribution in [0.1, 0.15) is 5.82 Å². The van der Waals surface area contributed by atoms with Crippen LogP contribution in [-0.2, 0) is 7.05 Å². The minimum atomic E-state index is 0.522. The Bertz CT molecular complexity index is 781. The fourth-order valence-corrected chi connectivity index (χ4v) is 2.19. The number of hydrogen-bond acceptors (Lipinski definition) is 4. The van der Waals surface area contributed by atoms with Gasteiger partial charge in [0.05, 0.1) is 17.6 Å². The van der Waals surface area contributed by atoms with E-state index < -0.39 is 0 Å². The van der Waals surface area contributed by atoms with E-state index >= 15 is 0 Å². The minimum absolute atomic E-state index is 0.522. The molecule has 0 saturated carbocycles. The number of aryl methyl sites for hydroxylation is 1. The average Bonchev–Trinajstić information content (AvgIpc) is 2.79. The van der Waals surface area contributed by atoms with E-state index in [0.29, 0.717) is 11.0 Å². The van der Waals surface area contributed by atoms with Gasteiger partial charge in [-0.05, 0) is 31.2 Å². The number of halogens is 1. The van der Waals surface area contributed by atoms with Crippen LogP contribution in [0.2, 0.25) is 5.02 Å². The summed E-state index contributed by atoms with van der Waals surface area (Å²) in [5, 5.41) is 3.81. The summed E-state index contributed by atoms with van der Waals surface area (Å²) in [6.45, 7) is 1.95. The van der Waals surface area contributed by atoms with Gasteiger partial charge in [0.15, 0.2) is 0 Å².